The highest BCUT2D eigenvalue weighted by Gasteiger charge is 2.56. The molecule has 1 aliphatic heterocycles. The Morgan fingerprint density at radius 1 is 1.20 bits per heavy atom. The van der Waals surface area contributed by atoms with Crippen LogP contribution >= 0.6 is 0 Å². The van der Waals surface area contributed by atoms with Crippen LogP contribution in [0.3, 0.4) is 0 Å². The van der Waals surface area contributed by atoms with E-state index in [9.17, 15) is 14.9 Å². The second-order valence-corrected chi connectivity index (χ2v) is 10.8. The van der Waals surface area contributed by atoms with Crippen LogP contribution in [-0.4, -0.2) is 64.5 Å². The summed E-state index contributed by atoms with van der Waals surface area (Å²) in [4.78, 5) is 26.3. The zero-order chi connectivity index (χ0) is 28.0. The van der Waals surface area contributed by atoms with Crippen LogP contribution in [0, 0.1) is 16.0 Å². The lowest BCUT2D eigenvalue weighted by Gasteiger charge is -2.56. The zero-order valence-electron chi connectivity index (χ0n) is 22.7. The van der Waals surface area contributed by atoms with Crippen LogP contribution in [0.1, 0.15) is 35.2 Å². The molecule has 11 nitrogen and oxygen atoms in total. The summed E-state index contributed by atoms with van der Waals surface area (Å²) < 4.78 is 19.3. The van der Waals surface area contributed by atoms with Crippen LogP contribution in [0.15, 0.2) is 54.4 Å². The lowest BCUT2D eigenvalue weighted by molar-refractivity contribution is -0.384. The number of methoxy groups -OCH3 is 2. The third-order valence-corrected chi connectivity index (χ3v) is 8.60. The molecule has 0 saturated carbocycles. The topological polar surface area (TPSA) is 122 Å². The van der Waals surface area contributed by atoms with Crippen LogP contribution in [0.25, 0.3) is 0 Å². The molecule has 0 amide bonds. The lowest BCUT2D eigenvalue weighted by Crippen LogP contribution is -2.60. The minimum atomic E-state index is -0.416. The summed E-state index contributed by atoms with van der Waals surface area (Å²) in [5.74, 6) is 1.81. The molecule has 0 spiro atoms. The molecule has 2 bridgehead atoms. The van der Waals surface area contributed by atoms with Crippen LogP contribution in [0.5, 0.6) is 11.5 Å². The number of non-ortho nitro benzene ring substituents is 1. The number of carbonyl (C=O) groups excluding carboxylic acids is 1. The van der Waals surface area contributed by atoms with Gasteiger partial charge in [0.2, 0.25) is 0 Å². The highest BCUT2D eigenvalue weighted by molar-refractivity contribution is 5.96. The van der Waals surface area contributed by atoms with Gasteiger partial charge < -0.3 is 19.1 Å². The molecule has 0 N–H and O–H groups in total. The SMILES string of the molecule is COC1=C[C@@H]2[C@@H]3Cc4ccc(OC)c(OCc5cn(Cc6cccc([N+](=O)[O-])c6)nn5)c4[C@]2(CCN3C)CC1=O. The Morgan fingerprint density at radius 2 is 2.05 bits per heavy atom. The van der Waals surface area contributed by atoms with Crippen molar-refractivity contribution in [2.45, 2.75) is 43.9 Å². The number of fused-ring (bicyclic) bond motifs is 1. The standard InChI is InChI=1S/C29H31N5O6/c1-32-10-9-29-14-24(35)26(39-3)13-22(29)23(32)12-19-7-8-25(38-2)28(27(19)29)40-17-20-16-33(31-30-20)15-18-5-4-6-21(11-18)34(36)37/h4-8,11,13,16,22-23H,9-10,12,14-15,17H2,1-3H3/t22-,23+,29-/m1/s1. The first-order chi connectivity index (χ1) is 19.3. The predicted octanol–water partition coefficient (Wildman–Crippen LogP) is 3.44. The molecule has 11 heteroatoms. The Labute approximate surface area is 231 Å². The van der Waals surface area contributed by atoms with Crippen molar-refractivity contribution in [3.63, 3.8) is 0 Å². The maximum Gasteiger partial charge on any atom is 0.269 e. The summed E-state index contributed by atoms with van der Waals surface area (Å²) in [5, 5.41) is 19.6. The zero-order valence-corrected chi connectivity index (χ0v) is 22.7. The van der Waals surface area contributed by atoms with Gasteiger partial charge in [0, 0.05) is 41.5 Å². The molecule has 2 aromatic carbocycles. The van der Waals surface area contributed by atoms with Crippen LogP contribution in [0.4, 0.5) is 5.69 Å². The first-order valence-corrected chi connectivity index (χ1v) is 13.3. The molecule has 1 fully saturated rings. The van der Waals surface area contributed by atoms with Gasteiger partial charge in [0.15, 0.2) is 23.0 Å². The molecule has 2 heterocycles. The van der Waals surface area contributed by atoms with Gasteiger partial charge in [-0.2, -0.15) is 0 Å². The molecule has 2 aliphatic carbocycles. The summed E-state index contributed by atoms with van der Waals surface area (Å²) in [7, 11) is 5.32. The second-order valence-electron chi connectivity index (χ2n) is 10.8. The van der Waals surface area contributed by atoms with Crippen molar-refractivity contribution in [2.24, 2.45) is 5.92 Å². The first kappa shape index (κ1) is 26.0. The highest BCUT2D eigenvalue weighted by Crippen LogP contribution is 2.58. The molecule has 40 heavy (non-hydrogen) atoms. The summed E-state index contributed by atoms with van der Waals surface area (Å²) in [6.45, 7) is 1.38. The van der Waals surface area contributed by atoms with Crippen molar-refractivity contribution in [2.75, 3.05) is 27.8 Å². The Balaban J connectivity index is 1.31. The van der Waals surface area contributed by atoms with Gasteiger partial charge in [0.1, 0.15) is 12.3 Å². The molecule has 3 aromatic rings. The van der Waals surface area contributed by atoms with Crippen molar-refractivity contribution in [3.8, 4) is 11.5 Å². The van der Waals surface area contributed by atoms with Crippen LogP contribution in [0.2, 0.25) is 0 Å². The molecular weight excluding hydrogens is 514 g/mol. The number of ether oxygens (including phenoxy) is 3. The summed E-state index contributed by atoms with van der Waals surface area (Å²) in [6.07, 6.45) is 5.81. The number of benzene rings is 2. The number of allylic oxidation sites excluding steroid dienone is 1. The molecular formula is C29H31N5O6. The Kier molecular flexibility index (Phi) is 6.53. The van der Waals surface area contributed by atoms with Crippen molar-refractivity contribution in [3.05, 3.63) is 86.9 Å². The van der Waals surface area contributed by atoms with Gasteiger partial charge in [-0.15, -0.1) is 5.10 Å². The number of aromatic nitrogens is 3. The molecule has 6 rings (SSSR count). The molecule has 0 radical (unpaired) electrons. The minimum absolute atomic E-state index is 0.00719. The second kappa shape index (κ2) is 10.1. The highest BCUT2D eigenvalue weighted by atomic mass is 16.6. The van der Waals surface area contributed by atoms with Crippen molar-refractivity contribution < 1.29 is 23.9 Å². The molecule has 1 aromatic heterocycles. The number of ketones is 1. The third-order valence-electron chi connectivity index (χ3n) is 8.60. The van der Waals surface area contributed by atoms with Gasteiger partial charge in [-0.25, -0.2) is 4.68 Å². The molecule has 1 saturated heterocycles. The van der Waals surface area contributed by atoms with Crippen molar-refractivity contribution >= 4 is 11.5 Å². The van der Waals surface area contributed by atoms with Gasteiger partial charge in [-0.3, -0.25) is 14.9 Å². The number of likely N-dealkylation sites (N-methyl/N-ethyl adjacent to an activating group) is 1. The summed E-state index contributed by atoms with van der Waals surface area (Å²) >= 11 is 0. The van der Waals surface area contributed by atoms with Crippen LogP contribution in [-0.2, 0) is 34.5 Å². The fourth-order valence-electron chi connectivity index (χ4n) is 6.74. The Morgan fingerprint density at radius 3 is 2.83 bits per heavy atom. The van der Waals surface area contributed by atoms with Gasteiger partial charge >= 0.3 is 0 Å². The number of hydrogen-bond donors (Lipinski definition) is 0. The van der Waals surface area contributed by atoms with E-state index in [0.29, 0.717) is 35.9 Å². The lowest BCUT2D eigenvalue weighted by atomic mass is 9.53. The van der Waals surface area contributed by atoms with E-state index in [1.54, 1.807) is 31.2 Å². The number of piperidine rings is 1. The monoisotopic (exact) mass is 545 g/mol. The number of nitrogens with zero attached hydrogens (tertiary/aromatic N) is 5. The minimum Gasteiger partial charge on any atom is -0.493 e. The van der Waals surface area contributed by atoms with E-state index in [4.69, 9.17) is 14.2 Å². The van der Waals surface area contributed by atoms with Crippen LogP contribution < -0.4 is 9.47 Å². The largest absolute Gasteiger partial charge is 0.493 e. The van der Waals surface area contributed by atoms with E-state index in [1.165, 1.54) is 17.7 Å². The van der Waals surface area contributed by atoms with Crippen molar-refractivity contribution in [1.29, 1.82) is 0 Å². The van der Waals surface area contributed by atoms with Gasteiger partial charge in [0.05, 0.1) is 31.9 Å². The summed E-state index contributed by atoms with van der Waals surface area (Å²) in [5.41, 5.74) is 3.19. The van der Waals surface area contributed by atoms with Gasteiger partial charge in [0.25, 0.3) is 5.69 Å². The van der Waals surface area contributed by atoms with Gasteiger partial charge in [-0.05, 0) is 49.7 Å². The Hall–Kier alpha value is -4.25. The fraction of sp³-hybridized carbons (Fsp3) is 0.414. The number of rotatable bonds is 8. The molecule has 208 valence electrons. The third kappa shape index (κ3) is 4.30. The van der Waals surface area contributed by atoms with E-state index in [2.05, 4.69) is 28.3 Å². The number of Topliss-reactive ketones (excluding diaryl/α,β-unsaturated/α-hetero) is 1. The Bertz CT molecular complexity index is 1520. The molecule has 0 unspecified atom stereocenters. The quantitative estimate of drug-likeness (QED) is 0.309. The van der Waals surface area contributed by atoms with E-state index in [-0.39, 0.29) is 30.0 Å². The average Bonchev–Trinajstić information content (AvgIpc) is 3.40. The maximum atomic E-state index is 13.2. The number of hydrogen-bond acceptors (Lipinski definition) is 9. The van der Waals surface area contributed by atoms with E-state index < -0.39 is 10.3 Å². The number of likely N-dealkylation sites (tertiary alicyclic amines) is 1. The first-order valence-electron chi connectivity index (χ1n) is 13.3. The van der Waals surface area contributed by atoms with E-state index in [1.807, 2.05) is 18.2 Å². The number of carbonyl (C=O) groups is 1. The normalized spacial score (nSPS) is 23.6. The summed E-state index contributed by atoms with van der Waals surface area (Å²) in [6, 6.07) is 10.7. The average molecular weight is 546 g/mol. The predicted molar refractivity (Wildman–Crippen MR) is 144 cm³/mol. The van der Waals surface area contributed by atoms with Gasteiger partial charge in [-0.1, -0.05) is 23.4 Å². The number of nitro groups is 1. The number of nitro benzene ring substituents is 1. The van der Waals surface area contributed by atoms with E-state index >= 15 is 0 Å². The van der Waals surface area contributed by atoms with Crippen molar-refractivity contribution in [1.82, 2.24) is 19.9 Å². The smallest absolute Gasteiger partial charge is 0.269 e. The maximum absolute atomic E-state index is 13.2. The van der Waals surface area contributed by atoms with E-state index in [0.717, 1.165) is 30.5 Å². The fourth-order valence-corrected chi connectivity index (χ4v) is 6.74. The molecule has 3 aliphatic rings. The molecule has 3 atom stereocenters.